The van der Waals surface area contributed by atoms with Gasteiger partial charge in [0.25, 0.3) is 0 Å². The number of aryl methyl sites for hydroxylation is 2. The summed E-state index contributed by atoms with van der Waals surface area (Å²) in [6, 6.07) is 7.91. The molecule has 16 heavy (non-hydrogen) atoms. The number of hydrogen-bond acceptors (Lipinski definition) is 3. The summed E-state index contributed by atoms with van der Waals surface area (Å²) >= 11 is 3.47. The summed E-state index contributed by atoms with van der Waals surface area (Å²) in [5.74, 6) is 1.56. The molecule has 1 aromatic heterocycles. The summed E-state index contributed by atoms with van der Waals surface area (Å²) in [6.45, 7) is 3.74. The van der Waals surface area contributed by atoms with Crippen LogP contribution in [0, 0.1) is 13.8 Å². The Bertz CT molecular complexity index is 511. The molecule has 0 unspecified atom stereocenters. The zero-order valence-corrected chi connectivity index (χ0v) is 10.6. The van der Waals surface area contributed by atoms with E-state index in [4.69, 9.17) is 0 Å². The largest absolute Gasteiger partial charge is 0.202 e. The average Bonchev–Trinajstić information content (AvgIpc) is 2.58. The van der Waals surface area contributed by atoms with Crippen LogP contribution in [0.25, 0.3) is 0 Å². The molecule has 5 heteroatoms. The molecular weight excluding hydrogens is 268 g/mol. The maximum atomic E-state index is 4.33. The first-order valence-electron chi connectivity index (χ1n) is 4.86. The quantitative estimate of drug-likeness (QED) is 0.793. The SMILES string of the molecule is Cc1nnc(C)n1/N=C/c1ccccc1Br. The van der Waals surface area contributed by atoms with E-state index in [2.05, 4.69) is 31.2 Å². The lowest BCUT2D eigenvalue weighted by molar-refractivity contribution is 0.799. The minimum absolute atomic E-state index is 0.779. The maximum Gasteiger partial charge on any atom is 0.151 e. The molecule has 4 nitrogen and oxygen atoms in total. The molecule has 0 aliphatic carbocycles. The molecule has 0 atom stereocenters. The van der Waals surface area contributed by atoms with E-state index < -0.39 is 0 Å². The first kappa shape index (κ1) is 11.0. The van der Waals surface area contributed by atoms with Gasteiger partial charge < -0.3 is 0 Å². The van der Waals surface area contributed by atoms with Crippen LogP contribution in [-0.2, 0) is 0 Å². The van der Waals surface area contributed by atoms with Crippen LogP contribution < -0.4 is 0 Å². The molecule has 0 aliphatic heterocycles. The van der Waals surface area contributed by atoms with Gasteiger partial charge in [-0.15, -0.1) is 10.2 Å². The van der Waals surface area contributed by atoms with Gasteiger partial charge in [0.05, 0.1) is 6.21 Å². The van der Waals surface area contributed by atoms with Crippen molar-refractivity contribution in [1.29, 1.82) is 0 Å². The number of halogens is 1. The number of rotatable bonds is 2. The second-order valence-electron chi connectivity index (χ2n) is 3.37. The molecule has 0 N–H and O–H groups in total. The third-order valence-electron chi connectivity index (χ3n) is 2.17. The van der Waals surface area contributed by atoms with Gasteiger partial charge in [-0.3, -0.25) is 0 Å². The first-order valence-corrected chi connectivity index (χ1v) is 5.65. The van der Waals surface area contributed by atoms with Gasteiger partial charge in [0, 0.05) is 10.0 Å². The first-order chi connectivity index (χ1) is 7.68. The summed E-state index contributed by atoms with van der Waals surface area (Å²) < 4.78 is 2.72. The summed E-state index contributed by atoms with van der Waals surface area (Å²) in [4.78, 5) is 0. The van der Waals surface area contributed by atoms with E-state index in [1.165, 1.54) is 0 Å². The molecule has 0 aliphatic rings. The Balaban J connectivity index is 2.32. The normalized spacial score (nSPS) is 11.2. The van der Waals surface area contributed by atoms with Gasteiger partial charge in [-0.05, 0) is 19.9 Å². The third-order valence-corrected chi connectivity index (χ3v) is 2.89. The smallest absolute Gasteiger partial charge is 0.151 e. The lowest BCUT2D eigenvalue weighted by Crippen LogP contribution is -1.96. The molecule has 0 saturated carbocycles. The van der Waals surface area contributed by atoms with Gasteiger partial charge in [0.1, 0.15) is 0 Å². The molecule has 2 aromatic rings. The molecule has 0 bridgehead atoms. The molecule has 0 amide bonds. The van der Waals surface area contributed by atoms with Crippen LogP contribution in [-0.4, -0.2) is 21.1 Å². The summed E-state index contributed by atoms with van der Waals surface area (Å²) in [5, 5.41) is 12.2. The second kappa shape index (κ2) is 4.57. The fourth-order valence-electron chi connectivity index (χ4n) is 1.33. The van der Waals surface area contributed by atoms with Crippen LogP contribution in [0.3, 0.4) is 0 Å². The Morgan fingerprint density at radius 3 is 2.44 bits per heavy atom. The number of nitrogens with zero attached hydrogens (tertiary/aromatic N) is 4. The topological polar surface area (TPSA) is 43.1 Å². The van der Waals surface area contributed by atoms with Crippen molar-refractivity contribution in [3.05, 3.63) is 46.0 Å². The lowest BCUT2D eigenvalue weighted by atomic mass is 10.2. The second-order valence-corrected chi connectivity index (χ2v) is 4.23. The van der Waals surface area contributed by atoms with Crippen LogP contribution in [0.1, 0.15) is 17.2 Å². The summed E-state index contributed by atoms with van der Waals surface area (Å²) in [6.07, 6.45) is 1.79. The van der Waals surface area contributed by atoms with Crippen molar-refractivity contribution < 1.29 is 0 Å². The monoisotopic (exact) mass is 278 g/mol. The zero-order valence-electron chi connectivity index (χ0n) is 9.05. The van der Waals surface area contributed by atoms with E-state index >= 15 is 0 Å². The molecule has 1 heterocycles. The highest BCUT2D eigenvalue weighted by Crippen LogP contribution is 2.13. The van der Waals surface area contributed by atoms with Crippen molar-refractivity contribution in [3.8, 4) is 0 Å². The van der Waals surface area contributed by atoms with Gasteiger partial charge in [0.15, 0.2) is 11.6 Å². The maximum absolute atomic E-state index is 4.33. The van der Waals surface area contributed by atoms with Crippen LogP contribution in [0.5, 0.6) is 0 Å². The third kappa shape index (κ3) is 2.19. The minimum atomic E-state index is 0.779. The van der Waals surface area contributed by atoms with Gasteiger partial charge in [-0.2, -0.15) is 5.10 Å². The Morgan fingerprint density at radius 1 is 1.19 bits per heavy atom. The molecule has 0 fully saturated rings. The number of benzene rings is 1. The van der Waals surface area contributed by atoms with Crippen molar-refractivity contribution >= 4 is 22.1 Å². The molecule has 1 aromatic carbocycles. The van der Waals surface area contributed by atoms with E-state index in [1.807, 2.05) is 38.1 Å². The highest BCUT2D eigenvalue weighted by molar-refractivity contribution is 9.10. The lowest BCUT2D eigenvalue weighted by Gasteiger charge is -1.99. The van der Waals surface area contributed by atoms with Gasteiger partial charge >= 0.3 is 0 Å². The molecule has 0 spiro atoms. The van der Waals surface area contributed by atoms with E-state index in [-0.39, 0.29) is 0 Å². The Hall–Kier alpha value is -1.49. The van der Waals surface area contributed by atoms with E-state index in [1.54, 1.807) is 10.9 Å². The van der Waals surface area contributed by atoms with Crippen molar-refractivity contribution in [3.63, 3.8) is 0 Å². The molecule has 0 radical (unpaired) electrons. The molecule has 2 rings (SSSR count). The van der Waals surface area contributed by atoms with Crippen LogP contribution >= 0.6 is 15.9 Å². The predicted octanol–water partition coefficient (Wildman–Crippen LogP) is 2.54. The van der Waals surface area contributed by atoms with Crippen molar-refractivity contribution in [2.75, 3.05) is 0 Å². The van der Waals surface area contributed by atoms with Crippen molar-refractivity contribution in [2.45, 2.75) is 13.8 Å². The summed E-state index contributed by atoms with van der Waals surface area (Å²) in [5.41, 5.74) is 1.02. The molecular formula is C11H11BrN4. The number of hydrogen-bond donors (Lipinski definition) is 0. The van der Waals surface area contributed by atoms with E-state index in [0.717, 1.165) is 21.7 Å². The van der Waals surface area contributed by atoms with E-state index in [0.29, 0.717) is 0 Å². The highest BCUT2D eigenvalue weighted by Gasteiger charge is 2.01. The highest BCUT2D eigenvalue weighted by atomic mass is 79.9. The predicted molar refractivity (Wildman–Crippen MR) is 66.6 cm³/mol. The average molecular weight is 279 g/mol. The molecule has 82 valence electrons. The number of aromatic nitrogens is 3. The Morgan fingerprint density at radius 2 is 1.81 bits per heavy atom. The van der Waals surface area contributed by atoms with Crippen LogP contribution in [0.4, 0.5) is 0 Å². The molecule has 0 saturated heterocycles. The van der Waals surface area contributed by atoms with Gasteiger partial charge in [0.2, 0.25) is 0 Å². The standard InChI is InChI=1S/C11H11BrN4/c1-8-14-15-9(2)16(8)13-7-10-5-3-4-6-11(10)12/h3-7H,1-2H3/b13-7+. The van der Waals surface area contributed by atoms with Gasteiger partial charge in [-0.25, -0.2) is 4.68 Å². The van der Waals surface area contributed by atoms with Crippen LogP contribution in [0.2, 0.25) is 0 Å². The fourth-order valence-corrected chi connectivity index (χ4v) is 1.72. The van der Waals surface area contributed by atoms with Crippen molar-refractivity contribution in [2.24, 2.45) is 5.10 Å². The minimum Gasteiger partial charge on any atom is -0.202 e. The Kier molecular flexibility index (Phi) is 3.14. The van der Waals surface area contributed by atoms with Crippen LogP contribution in [0.15, 0.2) is 33.8 Å². The van der Waals surface area contributed by atoms with Crippen molar-refractivity contribution in [1.82, 2.24) is 14.9 Å². The van der Waals surface area contributed by atoms with Gasteiger partial charge in [-0.1, -0.05) is 34.1 Å². The van der Waals surface area contributed by atoms with E-state index in [9.17, 15) is 0 Å². The fraction of sp³-hybridized carbons (Fsp3) is 0.182. The zero-order chi connectivity index (χ0) is 11.5. The Labute approximate surface area is 102 Å². The summed E-state index contributed by atoms with van der Waals surface area (Å²) in [7, 11) is 0.